The lowest BCUT2D eigenvalue weighted by molar-refractivity contribution is -0.158. The first-order valence-corrected chi connectivity index (χ1v) is 12.2. The van der Waals surface area contributed by atoms with Crippen LogP contribution >= 0.6 is 0 Å². The molecular weight excluding hydrogens is 462 g/mol. The maximum Gasteiger partial charge on any atom is 0.411 e. The summed E-state index contributed by atoms with van der Waals surface area (Å²) in [4.78, 5) is 28.6. The van der Waals surface area contributed by atoms with E-state index < -0.39 is 23.2 Å². The van der Waals surface area contributed by atoms with Crippen LogP contribution < -0.4 is 9.47 Å². The van der Waals surface area contributed by atoms with Gasteiger partial charge in [-0.15, -0.1) is 0 Å². The highest BCUT2D eigenvalue weighted by Gasteiger charge is 2.54. The van der Waals surface area contributed by atoms with Gasteiger partial charge in [0.2, 0.25) is 0 Å². The second kappa shape index (κ2) is 12.1. The van der Waals surface area contributed by atoms with Gasteiger partial charge in [0.15, 0.2) is 17.0 Å². The number of esters is 1. The predicted molar refractivity (Wildman–Crippen MR) is 135 cm³/mol. The molecule has 2 aromatic rings. The van der Waals surface area contributed by atoms with E-state index in [0.29, 0.717) is 56.1 Å². The Kier molecular flexibility index (Phi) is 9.20. The van der Waals surface area contributed by atoms with Gasteiger partial charge in [0, 0.05) is 26.7 Å². The van der Waals surface area contributed by atoms with Crippen molar-refractivity contribution in [3.63, 3.8) is 0 Å². The van der Waals surface area contributed by atoms with Crippen molar-refractivity contribution in [3.05, 3.63) is 59.7 Å². The van der Waals surface area contributed by atoms with Crippen LogP contribution in [0, 0.1) is 0 Å². The molecule has 8 nitrogen and oxygen atoms in total. The SMILES string of the molecule is COCCCOc1cc(C2(C(=O)OCc3ccccc3)CCCN2C(=O)OC(C)(C)C)ccc1OC. The van der Waals surface area contributed by atoms with Crippen LogP contribution in [0.2, 0.25) is 0 Å². The van der Waals surface area contributed by atoms with E-state index in [0.717, 1.165) is 5.56 Å². The first-order chi connectivity index (χ1) is 17.2. The lowest BCUT2D eigenvalue weighted by Crippen LogP contribution is -2.52. The molecule has 1 unspecified atom stereocenters. The smallest absolute Gasteiger partial charge is 0.411 e. The number of carbonyl (C=O) groups is 2. The van der Waals surface area contributed by atoms with E-state index in [2.05, 4.69) is 0 Å². The maximum absolute atomic E-state index is 13.8. The minimum atomic E-state index is -1.35. The van der Waals surface area contributed by atoms with E-state index in [1.165, 1.54) is 4.90 Å². The fourth-order valence-electron chi connectivity index (χ4n) is 4.29. The van der Waals surface area contributed by atoms with E-state index in [-0.39, 0.29) is 6.61 Å². The molecule has 1 saturated heterocycles. The Bertz CT molecular complexity index is 1020. The topological polar surface area (TPSA) is 83.5 Å². The third kappa shape index (κ3) is 6.49. The zero-order chi connectivity index (χ0) is 26.2. The Labute approximate surface area is 213 Å². The average Bonchev–Trinajstić information content (AvgIpc) is 3.31. The van der Waals surface area contributed by atoms with E-state index in [1.54, 1.807) is 53.2 Å². The Morgan fingerprint density at radius 2 is 1.75 bits per heavy atom. The standard InChI is InChI=1S/C28H37NO7/c1-27(2,3)36-26(31)29-16-9-15-28(29,25(30)35-20-21-11-7-6-8-12-21)22-13-14-23(33-5)24(19-22)34-18-10-17-32-4/h6-8,11-14,19H,9-10,15-18,20H2,1-5H3. The number of hydrogen-bond acceptors (Lipinski definition) is 7. The molecule has 2 aromatic carbocycles. The Hall–Kier alpha value is -3.26. The monoisotopic (exact) mass is 499 g/mol. The highest BCUT2D eigenvalue weighted by molar-refractivity contribution is 5.88. The van der Waals surface area contributed by atoms with Crippen molar-refractivity contribution in [2.45, 2.75) is 57.8 Å². The summed E-state index contributed by atoms with van der Waals surface area (Å²) in [6.45, 7) is 6.84. The molecule has 0 bridgehead atoms. The quantitative estimate of drug-likeness (QED) is 0.333. The molecule has 1 heterocycles. The van der Waals surface area contributed by atoms with E-state index in [1.807, 2.05) is 30.3 Å². The molecule has 0 aromatic heterocycles. The highest BCUT2D eigenvalue weighted by Crippen LogP contribution is 2.44. The molecule has 3 rings (SSSR count). The molecular formula is C28H37NO7. The van der Waals surface area contributed by atoms with Crippen molar-refractivity contribution in [1.29, 1.82) is 0 Å². The van der Waals surface area contributed by atoms with Crippen molar-refractivity contribution >= 4 is 12.1 Å². The lowest BCUT2D eigenvalue weighted by Gasteiger charge is -2.37. The van der Waals surface area contributed by atoms with Crippen LogP contribution in [0.1, 0.15) is 51.2 Å². The molecule has 1 amide bonds. The van der Waals surface area contributed by atoms with Crippen LogP contribution in [-0.4, -0.2) is 56.5 Å². The summed E-state index contributed by atoms with van der Waals surface area (Å²) in [5, 5.41) is 0. The number of ether oxygens (including phenoxy) is 5. The van der Waals surface area contributed by atoms with Gasteiger partial charge >= 0.3 is 12.1 Å². The number of benzene rings is 2. The van der Waals surface area contributed by atoms with Crippen LogP contribution in [0.4, 0.5) is 4.79 Å². The van der Waals surface area contributed by atoms with Crippen LogP contribution in [0.5, 0.6) is 11.5 Å². The Balaban J connectivity index is 1.99. The number of nitrogens with zero attached hydrogens (tertiary/aromatic N) is 1. The van der Waals surface area contributed by atoms with Gasteiger partial charge in [0.25, 0.3) is 0 Å². The lowest BCUT2D eigenvalue weighted by atomic mass is 9.87. The first kappa shape index (κ1) is 27.3. The molecule has 1 fully saturated rings. The van der Waals surface area contributed by atoms with Crippen LogP contribution in [0.3, 0.4) is 0 Å². The van der Waals surface area contributed by atoms with E-state index in [9.17, 15) is 9.59 Å². The molecule has 36 heavy (non-hydrogen) atoms. The van der Waals surface area contributed by atoms with Crippen LogP contribution in [0.25, 0.3) is 0 Å². The van der Waals surface area contributed by atoms with E-state index >= 15 is 0 Å². The zero-order valence-corrected chi connectivity index (χ0v) is 21.9. The number of methoxy groups -OCH3 is 2. The largest absolute Gasteiger partial charge is 0.493 e. The van der Waals surface area contributed by atoms with Crippen molar-refractivity contribution in [1.82, 2.24) is 4.90 Å². The summed E-state index contributed by atoms with van der Waals surface area (Å²) in [5.41, 5.74) is -0.616. The first-order valence-electron chi connectivity index (χ1n) is 12.2. The highest BCUT2D eigenvalue weighted by atomic mass is 16.6. The van der Waals surface area contributed by atoms with Crippen LogP contribution in [0.15, 0.2) is 48.5 Å². The van der Waals surface area contributed by atoms with E-state index in [4.69, 9.17) is 23.7 Å². The van der Waals surface area contributed by atoms with Gasteiger partial charge in [-0.1, -0.05) is 36.4 Å². The normalized spacial score (nSPS) is 17.5. The van der Waals surface area contributed by atoms with Gasteiger partial charge in [0.05, 0.1) is 13.7 Å². The molecule has 0 saturated carbocycles. The van der Waals surface area contributed by atoms with Crippen molar-refractivity contribution in [2.75, 3.05) is 34.0 Å². The summed E-state index contributed by atoms with van der Waals surface area (Å²) in [6.07, 6.45) is 1.15. The van der Waals surface area contributed by atoms with Crippen molar-refractivity contribution in [2.24, 2.45) is 0 Å². The molecule has 0 N–H and O–H groups in total. The van der Waals surface area contributed by atoms with Gasteiger partial charge in [0.1, 0.15) is 12.2 Å². The van der Waals surface area contributed by atoms with Gasteiger partial charge in [-0.2, -0.15) is 0 Å². The van der Waals surface area contributed by atoms with Gasteiger partial charge in [-0.25, -0.2) is 9.59 Å². The van der Waals surface area contributed by atoms with Crippen LogP contribution in [-0.2, 0) is 31.2 Å². The molecule has 0 radical (unpaired) electrons. The van der Waals surface area contributed by atoms with Crippen molar-refractivity contribution in [3.8, 4) is 11.5 Å². The fraction of sp³-hybridized carbons (Fsp3) is 0.500. The maximum atomic E-state index is 13.8. The molecule has 196 valence electrons. The molecule has 0 aliphatic carbocycles. The summed E-state index contributed by atoms with van der Waals surface area (Å²) in [5.74, 6) is 0.508. The molecule has 1 atom stereocenters. The fourth-order valence-corrected chi connectivity index (χ4v) is 4.29. The van der Waals surface area contributed by atoms with Gasteiger partial charge in [-0.05, 0) is 56.9 Å². The zero-order valence-electron chi connectivity index (χ0n) is 21.9. The average molecular weight is 500 g/mol. The Morgan fingerprint density at radius 1 is 1.00 bits per heavy atom. The van der Waals surface area contributed by atoms with Crippen molar-refractivity contribution < 1.29 is 33.3 Å². The Morgan fingerprint density at radius 3 is 2.42 bits per heavy atom. The third-order valence-corrected chi connectivity index (χ3v) is 5.94. The summed E-state index contributed by atoms with van der Waals surface area (Å²) in [6, 6.07) is 14.7. The summed E-state index contributed by atoms with van der Waals surface area (Å²) < 4.78 is 28.1. The number of rotatable bonds is 10. The number of amides is 1. The third-order valence-electron chi connectivity index (χ3n) is 5.94. The second-order valence-electron chi connectivity index (χ2n) is 9.72. The number of hydrogen-bond donors (Lipinski definition) is 0. The van der Waals surface area contributed by atoms with Gasteiger partial charge in [-0.3, -0.25) is 4.90 Å². The molecule has 0 spiro atoms. The number of carbonyl (C=O) groups excluding carboxylic acids is 2. The summed E-state index contributed by atoms with van der Waals surface area (Å²) in [7, 11) is 3.20. The molecule has 8 heteroatoms. The molecule has 1 aliphatic heterocycles. The molecule has 1 aliphatic rings. The number of likely N-dealkylation sites (tertiary alicyclic amines) is 1. The minimum Gasteiger partial charge on any atom is -0.493 e. The predicted octanol–water partition coefficient (Wildman–Crippen LogP) is 5.08. The second-order valence-corrected chi connectivity index (χ2v) is 9.72. The van der Waals surface area contributed by atoms with Gasteiger partial charge < -0.3 is 23.7 Å². The minimum absolute atomic E-state index is 0.0973. The summed E-state index contributed by atoms with van der Waals surface area (Å²) >= 11 is 0.